The van der Waals surface area contributed by atoms with E-state index in [-0.39, 0.29) is 5.92 Å². The molecule has 0 spiro atoms. The Morgan fingerprint density at radius 1 is 0.610 bits per heavy atom. The van der Waals surface area contributed by atoms with E-state index in [0.29, 0.717) is 12.3 Å². The normalized spacial score (nSPS) is 21.4. The number of fused-ring (bicyclic) bond motifs is 9. The topological polar surface area (TPSA) is 24.9 Å². The van der Waals surface area contributed by atoms with E-state index in [9.17, 15) is 0 Å². The molecule has 2 atom stereocenters. The molecular formula is C54H48N2O2Si. The van der Waals surface area contributed by atoms with E-state index in [1.54, 1.807) is 0 Å². The zero-order chi connectivity index (χ0) is 40.1. The molecule has 0 N–H and O–H groups in total. The molecule has 0 saturated heterocycles. The molecule has 0 fully saturated rings. The van der Waals surface area contributed by atoms with Gasteiger partial charge in [-0.1, -0.05) is 123 Å². The largest absolute Gasteiger partial charge is 0.461 e. The van der Waals surface area contributed by atoms with E-state index in [0.717, 1.165) is 69.0 Å². The van der Waals surface area contributed by atoms with Crippen molar-refractivity contribution in [1.29, 1.82) is 0 Å². The van der Waals surface area contributed by atoms with Gasteiger partial charge in [0.1, 0.15) is 23.0 Å². The quantitative estimate of drug-likeness (QED) is 0.154. The molecule has 59 heavy (non-hydrogen) atoms. The maximum atomic E-state index is 6.88. The summed E-state index contributed by atoms with van der Waals surface area (Å²) in [7, 11) is -1.44. The van der Waals surface area contributed by atoms with Crippen molar-refractivity contribution in [2.45, 2.75) is 39.4 Å². The summed E-state index contributed by atoms with van der Waals surface area (Å²) in [5.74, 6) is 4.05. The van der Waals surface area contributed by atoms with E-state index in [1.807, 2.05) is 0 Å². The van der Waals surface area contributed by atoms with Crippen molar-refractivity contribution < 1.29 is 9.47 Å². The predicted octanol–water partition coefficient (Wildman–Crippen LogP) is 13.9. The summed E-state index contributed by atoms with van der Waals surface area (Å²) in [6.07, 6.45) is 24.0. The van der Waals surface area contributed by atoms with Crippen molar-refractivity contribution in [2.24, 2.45) is 11.8 Å². The van der Waals surface area contributed by atoms with Crippen molar-refractivity contribution in [2.75, 3.05) is 9.80 Å². The number of para-hydroxylation sites is 2. The van der Waals surface area contributed by atoms with Crippen LogP contribution in [0.5, 0.6) is 11.5 Å². The van der Waals surface area contributed by atoms with Crippen LogP contribution in [0.4, 0.5) is 28.4 Å². The summed E-state index contributed by atoms with van der Waals surface area (Å²) in [6.45, 7) is 9.41. The number of ether oxygens (including phenoxy) is 2. The Bertz CT molecular complexity index is 2710. The van der Waals surface area contributed by atoms with Gasteiger partial charge < -0.3 is 19.3 Å². The Hall–Kier alpha value is -6.56. The Labute approximate surface area is 349 Å². The third-order valence-corrected chi connectivity index (χ3v) is 14.1. The number of anilines is 5. The first-order valence-corrected chi connectivity index (χ1v) is 24.3. The fourth-order valence-corrected chi connectivity index (χ4v) is 9.98. The molecular weight excluding hydrogens is 737 g/mol. The molecule has 2 unspecified atom stereocenters. The first kappa shape index (κ1) is 36.8. The molecule has 5 aromatic carbocycles. The highest BCUT2D eigenvalue weighted by Gasteiger charge is 2.30. The smallest absolute Gasteiger partial charge is 0.136 e. The molecule has 290 valence electrons. The highest BCUT2D eigenvalue weighted by Crippen LogP contribution is 2.48. The molecule has 10 rings (SSSR count). The Morgan fingerprint density at radius 2 is 1.25 bits per heavy atom. The standard InChI is InChI=1S/C54H48N2O2Si/c1-37-49-31-26-47-34-40(50-29-24-46(35-53(50)57-47)56(42-17-9-6-10-18-42)44-21-19-38-13-11-12-14-39(38)33-44)20-32-52(37)58-54-36-45(25-30-51(49)54)55(41-15-7-5-8-16-41)43-22-27-48(28-23-43)59(2,3)4/h5-18,20-33,35-38H,19,34H2,1-4H3/b40-20+,47-26+,49-31?,52-32+. The number of allylic oxidation sites excluding steroid dienone is 13. The van der Waals surface area contributed by atoms with Crippen LogP contribution < -0.4 is 24.5 Å². The summed E-state index contributed by atoms with van der Waals surface area (Å²) in [6, 6.07) is 43.6. The van der Waals surface area contributed by atoms with Crippen LogP contribution in [-0.4, -0.2) is 8.07 Å². The fraction of sp³-hybridized carbons (Fsp3) is 0.148. The van der Waals surface area contributed by atoms with E-state index >= 15 is 0 Å². The number of rotatable bonds is 7. The van der Waals surface area contributed by atoms with E-state index in [1.165, 1.54) is 27.6 Å². The van der Waals surface area contributed by atoms with Gasteiger partial charge in [-0.15, -0.1) is 0 Å². The lowest BCUT2D eigenvalue weighted by Gasteiger charge is -2.32. The number of nitrogens with zero attached hydrogens (tertiary/aromatic N) is 2. The minimum absolute atomic E-state index is 0.0634. The molecule has 0 aromatic heterocycles. The SMILES string of the molecule is CC1C2=C/C=C3\C/C(=C\C=C/1Oc1cc(N(c4ccccc4)c4ccc([Si](C)(C)C)cc4)ccc12)c1ccc(N(C2=CCC4C=CC=CC4=C2)c2ccccc2)cc1O3. The molecule has 5 heteroatoms. The second-order valence-electron chi connectivity index (χ2n) is 17.0. The third-order valence-electron chi connectivity index (χ3n) is 12.1. The summed E-state index contributed by atoms with van der Waals surface area (Å²) < 4.78 is 13.7. The molecule has 0 saturated carbocycles. The lowest BCUT2D eigenvalue weighted by molar-refractivity contribution is 0.371. The van der Waals surface area contributed by atoms with Gasteiger partial charge in [0.25, 0.3) is 0 Å². The van der Waals surface area contributed by atoms with Crippen LogP contribution in [-0.2, 0) is 0 Å². The predicted molar refractivity (Wildman–Crippen MR) is 249 cm³/mol. The van der Waals surface area contributed by atoms with E-state index in [4.69, 9.17) is 9.47 Å². The monoisotopic (exact) mass is 784 g/mol. The highest BCUT2D eigenvalue weighted by molar-refractivity contribution is 6.88. The van der Waals surface area contributed by atoms with Crippen molar-refractivity contribution in [3.8, 4) is 11.5 Å². The first-order chi connectivity index (χ1) is 28.8. The third kappa shape index (κ3) is 7.06. The lowest BCUT2D eigenvalue weighted by Crippen LogP contribution is -2.37. The van der Waals surface area contributed by atoms with Crippen molar-refractivity contribution >= 4 is 52.8 Å². The van der Waals surface area contributed by atoms with Crippen molar-refractivity contribution in [1.82, 2.24) is 0 Å². The van der Waals surface area contributed by atoms with Crippen LogP contribution in [0.1, 0.15) is 30.9 Å². The summed E-state index contributed by atoms with van der Waals surface area (Å²) in [5, 5.41) is 1.44. The molecule has 0 radical (unpaired) electrons. The van der Waals surface area contributed by atoms with Gasteiger partial charge in [0.2, 0.25) is 0 Å². The Kier molecular flexibility index (Phi) is 9.34. The first-order valence-electron chi connectivity index (χ1n) is 20.8. The average Bonchev–Trinajstić information content (AvgIpc) is 3.26. The summed E-state index contributed by atoms with van der Waals surface area (Å²) in [4.78, 5) is 4.67. The second-order valence-corrected chi connectivity index (χ2v) is 22.1. The van der Waals surface area contributed by atoms with Crippen LogP contribution >= 0.6 is 0 Å². The Balaban J connectivity index is 1.01. The van der Waals surface area contributed by atoms with Gasteiger partial charge in [-0.05, 0) is 102 Å². The zero-order valence-corrected chi connectivity index (χ0v) is 35.1. The fourth-order valence-electron chi connectivity index (χ4n) is 8.82. The molecule has 3 aliphatic carbocycles. The van der Waals surface area contributed by atoms with E-state index < -0.39 is 8.07 Å². The van der Waals surface area contributed by atoms with Crippen LogP contribution in [0, 0.1) is 11.8 Å². The van der Waals surface area contributed by atoms with Gasteiger partial charge in [-0.2, -0.15) is 0 Å². The summed E-state index contributed by atoms with van der Waals surface area (Å²) in [5.41, 5.74) is 12.6. The van der Waals surface area contributed by atoms with Gasteiger partial charge in [-0.3, -0.25) is 0 Å². The van der Waals surface area contributed by atoms with Crippen LogP contribution in [0.15, 0.2) is 205 Å². The molecule has 2 heterocycles. The minimum Gasteiger partial charge on any atom is -0.461 e. The molecule has 4 nitrogen and oxygen atoms in total. The molecule has 5 aliphatic rings. The summed E-state index contributed by atoms with van der Waals surface area (Å²) >= 11 is 0. The molecule has 0 amide bonds. The lowest BCUT2D eigenvalue weighted by atomic mass is 9.86. The van der Waals surface area contributed by atoms with Crippen LogP contribution in [0.3, 0.4) is 0 Å². The van der Waals surface area contributed by atoms with Crippen LogP contribution in [0.25, 0.3) is 11.1 Å². The van der Waals surface area contributed by atoms with Crippen molar-refractivity contribution in [3.63, 3.8) is 0 Å². The second kappa shape index (κ2) is 15.0. The van der Waals surface area contributed by atoms with Gasteiger partial charge in [0.05, 0.1) is 8.07 Å². The highest BCUT2D eigenvalue weighted by atomic mass is 28.3. The number of hydrogen-bond donors (Lipinski definition) is 0. The number of hydrogen-bond acceptors (Lipinski definition) is 4. The molecule has 5 aromatic rings. The van der Waals surface area contributed by atoms with Crippen molar-refractivity contribution in [3.05, 3.63) is 216 Å². The number of benzene rings is 5. The van der Waals surface area contributed by atoms with Gasteiger partial charge >= 0.3 is 0 Å². The van der Waals surface area contributed by atoms with Gasteiger partial charge in [-0.25, -0.2) is 0 Å². The average molecular weight is 785 g/mol. The van der Waals surface area contributed by atoms with Gasteiger partial charge in [0.15, 0.2) is 0 Å². The minimum atomic E-state index is -1.44. The zero-order valence-electron chi connectivity index (χ0n) is 34.1. The van der Waals surface area contributed by atoms with E-state index in [2.05, 4.69) is 218 Å². The Morgan fingerprint density at radius 3 is 1.98 bits per heavy atom. The molecule has 4 bridgehead atoms. The van der Waals surface area contributed by atoms with Crippen LogP contribution in [0.2, 0.25) is 19.6 Å². The van der Waals surface area contributed by atoms with Gasteiger partial charge in [0, 0.05) is 75.7 Å². The maximum Gasteiger partial charge on any atom is 0.136 e. The molecule has 2 aliphatic heterocycles. The maximum absolute atomic E-state index is 6.88.